The molecule has 0 bridgehead atoms. The maximum atomic E-state index is 13.6. The van der Waals surface area contributed by atoms with Gasteiger partial charge in [0.15, 0.2) is 0 Å². The predicted molar refractivity (Wildman–Crippen MR) is 206 cm³/mol. The van der Waals surface area contributed by atoms with E-state index in [0.717, 1.165) is 44.4 Å². The number of fused-ring (bicyclic) bond motifs is 3. The maximum absolute atomic E-state index is 13.6. The summed E-state index contributed by atoms with van der Waals surface area (Å²) in [5.41, 5.74) is 7.54. The first-order chi connectivity index (χ1) is 25.3. The number of rotatable bonds is 8. The Labute approximate surface area is 367 Å². The van der Waals surface area contributed by atoms with E-state index in [-0.39, 0.29) is 75.1 Å². The number of hydrogen-bond acceptors (Lipinski definition) is 14. The average molecular weight is 824 g/mol. The molecule has 12 nitrogen and oxygen atoms in total. The fraction of sp³-hybridized carbons (Fsp3) is 0.0270. The number of para-hydroxylation sites is 1. The van der Waals surface area contributed by atoms with Crippen LogP contribution in [-0.2, 0) is 20.2 Å². The van der Waals surface area contributed by atoms with Gasteiger partial charge in [-0.2, -0.15) is 5.10 Å². The number of anilines is 3. The number of aryl methyl sites for hydroxylation is 1. The largest absolute Gasteiger partial charge is 1.00 e. The van der Waals surface area contributed by atoms with Crippen molar-refractivity contribution in [2.24, 2.45) is 5.10 Å². The summed E-state index contributed by atoms with van der Waals surface area (Å²) in [6, 6.07) is 29.9. The topological polar surface area (TPSA) is 194 Å². The minimum Gasteiger partial charge on any atom is -0.744 e. The van der Waals surface area contributed by atoms with Gasteiger partial charge in [-0.05, 0) is 96.9 Å². The van der Waals surface area contributed by atoms with E-state index >= 15 is 0 Å². The zero-order valence-electron chi connectivity index (χ0n) is 29.2. The number of hydrogen-bond donors (Lipinski definition) is 2. The Hall–Kier alpha value is -3.62. The number of benzene rings is 5. The Morgan fingerprint density at radius 1 is 0.691 bits per heavy atom. The van der Waals surface area contributed by atoms with E-state index in [2.05, 4.69) is 20.8 Å². The zero-order valence-corrected chi connectivity index (χ0v) is 36.5. The molecule has 0 spiro atoms. The van der Waals surface area contributed by atoms with Crippen LogP contribution in [0.15, 0.2) is 118 Å². The van der Waals surface area contributed by atoms with Gasteiger partial charge in [0.2, 0.25) is 5.78 Å². The third-order valence-electron chi connectivity index (χ3n) is 8.39. The van der Waals surface area contributed by atoms with Gasteiger partial charge < -0.3 is 14.4 Å². The van der Waals surface area contributed by atoms with Crippen molar-refractivity contribution in [1.82, 2.24) is 9.97 Å². The number of Topliss-reactive ketones (excluding diaryl/α,β-unsaturated/α-hetero) is 1. The monoisotopic (exact) mass is 823 g/mol. The van der Waals surface area contributed by atoms with Crippen LogP contribution in [0.4, 0.5) is 17.1 Å². The summed E-state index contributed by atoms with van der Waals surface area (Å²) in [5, 5.41) is 8.56. The first-order valence-electron chi connectivity index (χ1n) is 15.7. The minimum atomic E-state index is -5.05. The number of carbonyl (C=O) groups is 1. The summed E-state index contributed by atoms with van der Waals surface area (Å²) < 4.78 is 73.7. The van der Waals surface area contributed by atoms with Gasteiger partial charge in [0.1, 0.15) is 36.0 Å². The fourth-order valence-electron chi connectivity index (χ4n) is 5.88. The van der Waals surface area contributed by atoms with Crippen molar-refractivity contribution < 1.29 is 89.9 Å². The molecule has 5 aromatic carbocycles. The van der Waals surface area contributed by atoms with Gasteiger partial charge in [-0.1, -0.05) is 30.3 Å². The standard InChI is InChI=1S/C37H25N5O7S4.2Na/c1-20-7-15-29-34(35(20)53(47,48)49)51-37(40-29)23-11-16-28-30(17-23)50-36(39-28)21-8-12-25(13-9-21)41-42-32-31(52(44,45)46)18-22-10-14-26(19-27(22)33(32)43)38-24-5-3-2-4-6-24;;/h2-19,38,41H,1H3,(H,44,45,46)(H,47,48,49);;/q;2*+1/p-2. The molecule has 0 unspecified atom stereocenters. The predicted octanol–water partition coefficient (Wildman–Crippen LogP) is 1.75. The van der Waals surface area contributed by atoms with Gasteiger partial charge in [-0.25, -0.2) is 26.8 Å². The molecule has 0 amide bonds. The van der Waals surface area contributed by atoms with Crippen molar-refractivity contribution in [2.45, 2.75) is 11.8 Å². The van der Waals surface area contributed by atoms with Gasteiger partial charge in [0, 0.05) is 28.1 Å². The number of nitrogens with one attached hydrogen (secondary N) is 2. The van der Waals surface area contributed by atoms with Crippen LogP contribution >= 0.6 is 22.7 Å². The zero-order chi connectivity index (χ0) is 37.1. The molecular formula is C37H23N5Na2O7S4. The van der Waals surface area contributed by atoms with Crippen molar-refractivity contribution in [3.8, 4) is 21.1 Å². The van der Waals surface area contributed by atoms with Gasteiger partial charge in [0.25, 0.3) is 0 Å². The Kier molecular flexibility index (Phi) is 12.0. The first kappa shape index (κ1) is 41.0. The smallest absolute Gasteiger partial charge is 0.744 e. The number of thiazole rings is 2. The molecule has 1 aliphatic carbocycles. The van der Waals surface area contributed by atoms with Crippen LogP contribution in [0.2, 0.25) is 0 Å². The number of carbonyl (C=O) groups excluding carboxylic acids is 1. The average Bonchev–Trinajstić information content (AvgIpc) is 3.75. The van der Waals surface area contributed by atoms with Crippen LogP contribution in [0.1, 0.15) is 21.5 Å². The molecule has 18 heteroatoms. The number of aromatic nitrogens is 2. The quantitative estimate of drug-likeness (QED) is 0.129. The van der Waals surface area contributed by atoms with Crippen molar-refractivity contribution in [1.29, 1.82) is 0 Å². The van der Waals surface area contributed by atoms with E-state index in [4.69, 9.17) is 4.98 Å². The summed E-state index contributed by atoms with van der Waals surface area (Å²) in [6.45, 7) is 1.58. The summed E-state index contributed by atoms with van der Waals surface area (Å²) >= 11 is 2.57. The molecule has 55 heavy (non-hydrogen) atoms. The Morgan fingerprint density at radius 3 is 2.05 bits per heavy atom. The van der Waals surface area contributed by atoms with Crippen molar-refractivity contribution in [3.05, 3.63) is 125 Å². The Morgan fingerprint density at radius 2 is 1.35 bits per heavy atom. The molecule has 0 radical (unpaired) electrons. The van der Waals surface area contributed by atoms with Crippen molar-refractivity contribution in [3.63, 3.8) is 0 Å². The van der Waals surface area contributed by atoms with E-state index < -0.39 is 36.6 Å². The van der Waals surface area contributed by atoms with E-state index in [1.807, 2.05) is 48.5 Å². The molecule has 2 aromatic heterocycles. The van der Waals surface area contributed by atoms with Gasteiger partial charge in [-0.3, -0.25) is 10.2 Å². The molecule has 0 fully saturated rings. The van der Waals surface area contributed by atoms with Crippen LogP contribution in [0.25, 0.3) is 47.7 Å². The van der Waals surface area contributed by atoms with Crippen molar-refractivity contribution in [2.75, 3.05) is 10.7 Å². The van der Waals surface area contributed by atoms with Crippen LogP contribution in [0, 0.1) is 6.92 Å². The summed E-state index contributed by atoms with van der Waals surface area (Å²) in [4.78, 5) is 21.9. The SMILES string of the molecule is Cc1ccc2nc(-c3ccc4nc(-c5ccc(NN=C6C(=O)c7cc(Nc8ccccc8)ccc7C=C6S(=O)(=O)[O-])cc5)sc4c3)sc2c1S(=O)(=O)[O-].[Na+].[Na+]. The van der Waals surface area contributed by atoms with Crippen LogP contribution < -0.4 is 69.9 Å². The Balaban J connectivity index is 0.00000257. The fourth-order valence-corrected chi connectivity index (χ4v) is 9.82. The molecule has 0 saturated carbocycles. The third kappa shape index (κ3) is 8.41. The Bertz CT molecular complexity index is 2930. The van der Waals surface area contributed by atoms with Crippen LogP contribution in [0.5, 0.6) is 0 Å². The van der Waals surface area contributed by atoms with Gasteiger partial charge >= 0.3 is 59.1 Å². The molecule has 7 aromatic rings. The normalized spacial score (nSPS) is 13.5. The summed E-state index contributed by atoms with van der Waals surface area (Å²) in [5.74, 6) is -0.719. The second-order valence-electron chi connectivity index (χ2n) is 12.0. The maximum Gasteiger partial charge on any atom is 1.00 e. The van der Waals surface area contributed by atoms with Gasteiger partial charge in [-0.15, -0.1) is 22.7 Å². The molecule has 0 atom stereocenters. The molecule has 1 aliphatic rings. The first-order valence-corrected chi connectivity index (χ1v) is 20.2. The number of hydrazone groups is 1. The molecule has 8 rings (SSSR count). The minimum absolute atomic E-state index is 0. The molecule has 0 aliphatic heterocycles. The van der Waals surface area contributed by atoms with Crippen LogP contribution in [-0.4, -0.2) is 47.4 Å². The van der Waals surface area contributed by atoms with E-state index in [9.17, 15) is 30.7 Å². The third-order valence-corrected chi connectivity index (χ3v) is 12.6. The van der Waals surface area contributed by atoms with Crippen molar-refractivity contribution >= 4 is 98.0 Å². The molecule has 2 heterocycles. The number of nitrogens with zero attached hydrogens (tertiary/aromatic N) is 3. The second kappa shape index (κ2) is 16.1. The number of ketones is 1. The molecule has 0 saturated heterocycles. The van der Waals surface area contributed by atoms with E-state index in [1.54, 1.807) is 61.5 Å². The second-order valence-corrected chi connectivity index (χ2v) is 16.7. The van der Waals surface area contributed by atoms with E-state index in [0.29, 0.717) is 37.2 Å². The summed E-state index contributed by atoms with van der Waals surface area (Å²) in [7, 11) is -9.74. The van der Waals surface area contributed by atoms with Crippen LogP contribution in [0.3, 0.4) is 0 Å². The molecule has 2 N–H and O–H groups in total. The van der Waals surface area contributed by atoms with E-state index in [1.165, 1.54) is 11.3 Å². The molecule has 264 valence electrons. The number of allylic oxidation sites excluding steroid dienone is 1. The van der Waals surface area contributed by atoms with Gasteiger partial charge in [0.05, 0.1) is 35.9 Å². The summed E-state index contributed by atoms with van der Waals surface area (Å²) in [6.07, 6.45) is 1.15. The molecular weight excluding hydrogens is 801 g/mol.